The van der Waals surface area contributed by atoms with E-state index in [0.29, 0.717) is 19.6 Å². The molecule has 0 aliphatic carbocycles. The fourth-order valence-corrected chi connectivity index (χ4v) is 4.00. The molecule has 1 aromatic rings. The highest BCUT2D eigenvalue weighted by molar-refractivity contribution is 7.89. The van der Waals surface area contributed by atoms with Crippen molar-refractivity contribution in [2.45, 2.75) is 33.1 Å². The number of nitrogens with one attached hydrogen (secondary N) is 1. The molecule has 1 aliphatic heterocycles. The lowest BCUT2D eigenvalue weighted by atomic mass is 9.98. The van der Waals surface area contributed by atoms with Crippen LogP contribution in [0.1, 0.15) is 30.9 Å². The molecule has 0 saturated carbocycles. The minimum Gasteiger partial charge on any atom is -0.355 e. The van der Waals surface area contributed by atoms with Gasteiger partial charge in [-0.15, -0.1) is 0 Å². The predicted molar refractivity (Wildman–Crippen MR) is 91.7 cm³/mol. The van der Waals surface area contributed by atoms with Crippen LogP contribution in [0.2, 0.25) is 0 Å². The van der Waals surface area contributed by atoms with Crippen LogP contribution in [0.15, 0.2) is 24.3 Å². The third-order valence-corrected chi connectivity index (χ3v) is 6.19. The van der Waals surface area contributed by atoms with Crippen LogP contribution in [0, 0.1) is 12.8 Å². The topological polar surface area (TPSA) is 66.5 Å². The molecule has 2 rings (SSSR count). The second kappa shape index (κ2) is 7.93. The van der Waals surface area contributed by atoms with E-state index in [9.17, 15) is 13.2 Å². The highest BCUT2D eigenvalue weighted by atomic mass is 32.2. The summed E-state index contributed by atoms with van der Waals surface area (Å²) in [6.45, 7) is 5.11. The van der Waals surface area contributed by atoms with Crippen molar-refractivity contribution in [2.75, 3.05) is 25.4 Å². The summed E-state index contributed by atoms with van der Waals surface area (Å²) in [5, 5.41) is 2.95. The van der Waals surface area contributed by atoms with Crippen molar-refractivity contribution in [3.63, 3.8) is 0 Å². The predicted octanol–water partition coefficient (Wildman–Crippen LogP) is 1.72. The van der Waals surface area contributed by atoms with E-state index in [0.717, 1.165) is 19.3 Å². The Morgan fingerprint density at radius 1 is 1.30 bits per heavy atom. The highest BCUT2D eigenvalue weighted by Gasteiger charge is 2.31. The summed E-state index contributed by atoms with van der Waals surface area (Å²) in [7, 11) is -3.20. The van der Waals surface area contributed by atoms with Gasteiger partial charge < -0.3 is 5.32 Å². The van der Waals surface area contributed by atoms with E-state index in [4.69, 9.17) is 0 Å². The zero-order valence-electron chi connectivity index (χ0n) is 13.9. The van der Waals surface area contributed by atoms with Crippen LogP contribution in [0.25, 0.3) is 0 Å². The Morgan fingerprint density at radius 3 is 2.65 bits per heavy atom. The van der Waals surface area contributed by atoms with E-state index in [1.165, 1.54) is 15.4 Å². The number of aryl methyl sites for hydroxylation is 1. The van der Waals surface area contributed by atoms with Crippen molar-refractivity contribution in [1.82, 2.24) is 9.62 Å². The van der Waals surface area contributed by atoms with Gasteiger partial charge in [-0.05, 0) is 38.7 Å². The molecular weight excluding hydrogens is 312 g/mol. The second-order valence-electron chi connectivity index (χ2n) is 6.12. The Kier molecular flexibility index (Phi) is 6.18. The summed E-state index contributed by atoms with van der Waals surface area (Å²) in [5.41, 5.74) is 2.41. The van der Waals surface area contributed by atoms with Crippen molar-refractivity contribution in [3.8, 4) is 0 Å². The van der Waals surface area contributed by atoms with Crippen molar-refractivity contribution in [3.05, 3.63) is 35.4 Å². The molecule has 1 atom stereocenters. The van der Waals surface area contributed by atoms with Crippen LogP contribution < -0.4 is 5.32 Å². The molecule has 0 radical (unpaired) electrons. The smallest absolute Gasteiger partial charge is 0.224 e. The van der Waals surface area contributed by atoms with Crippen LogP contribution in [0.4, 0.5) is 0 Å². The van der Waals surface area contributed by atoms with Crippen molar-refractivity contribution >= 4 is 15.9 Å². The van der Waals surface area contributed by atoms with Crippen molar-refractivity contribution in [1.29, 1.82) is 0 Å². The fourth-order valence-electron chi connectivity index (χ4n) is 2.82. The third-order valence-electron chi connectivity index (χ3n) is 4.35. The molecule has 1 N–H and O–H groups in total. The van der Waals surface area contributed by atoms with Gasteiger partial charge in [0.05, 0.1) is 11.7 Å². The molecule has 1 aliphatic rings. The molecule has 6 heteroatoms. The summed E-state index contributed by atoms with van der Waals surface area (Å²) in [6.07, 6.45) is 2.29. The minimum atomic E-state index is -3.20. The standard InChI is InChI=1S/C17H26N2O3S/c1-3-23(21,22)19-12-4-5-16(13-19)17(20)18-11-10-15-8-6-14(2)7-9-15/h6-9,16H,3-5,10-13H2,1-2H3,(H,18,20). The molecule has 23 heavy (non-hydrogen) atoms. The number of rotatable bonds is 6. The van der Waals surface area contributed by atoms with Gasteiger partial charge in [-0.25, -0.2) is 12.7 Å². The summed E-state index contributed by atoms with van der Waals surface area (Å²) < 4.78 is 25.3. The average Bonchev–Trinajstić information content (AvgIpc) is 2.56. The van der Waals surface area contributed by atoms with Crippen LogP contribution >= 0.6 is 0 Å². The molecule has 0 spiro atoms. The highest BCUT2D eigenvalue weighted by Crippen LogP contribution is 2.19. The molecule has 1 aromatic carbocycles. The van der Waals surface area contributed by atoms with Gasteiger partial charge in [-0.2, -0.15) is 0 Å². The second-order valence-corrected chi connectivity index (χ2v) is 8.38. The Labute approximate surface area is 139 Å². The molecule has 1 heterocycles. The Balaban J connectivity index is 1.82. The first-order chi connectivity index (χ1) is 10.9. The number of piperidine rings is 1. The number of carbonyl (C=O) groups excluding carboxylic acids is 1. The maximum atomic E-state index is 12.3. The maximum absolute atomic E-state index is 12.3. The number of carbonyl (C=O) groups is 1. The molecule has 0 bridgehead atoms. The first-order valence-corrected chi connectivity index (χ1v) is 9.84. The van der Waals surface area contributed by atoms with E-state index in [1.807, 2.05) is 6.92 Å². The van der Waals surface area contributed by atoms with E-state index < -0.39 is 10.0 Å². The van der Waals surface area contributed by atoms with Crippen LogP contribution in [-0.2, 0) is 21.2 Å². The first kappa shape index (κ1) is 17.9. The molecule has 1 unspecified atom stereocenters. The Hall–Kier alpha value is -1.40. The lowest BCUT2D eigenvalue weighted by molar-refractivity contribution is -0.126. The Bertz CT molecular complexity index is 626. The van der Waals surface area contributed by atoms with Gasteiger partial charge in [0, 0.05) is 19.6 Å². The first-order valence-electron chi connectivity index (χ1n) is 8.23. The SMILES string of the molecule is CCS(=O)(=O)N1CCCC(C(=O)NCCc2ccc(C)cc2)C1. The maximum Gasteiger partial charge on any atom is 0.224 e. The van der Waals surface area contributed by atoms with Crippen LogP contribution in [0.3, 0.4) is 0 Å². The number of hydrogen-bond donors (Lipinski definition) is 1. The molecule has 0 aromatic heterocycles. The van der Waals surface area contributed by atoms with Crippen LogP contribution in [0.5, 0.6) is 0 Å². The lowest BCUT2D eigenvalue weighted by Crippen LogP contribution is -2.46. The van der Waals surface area contributed by atoms with Crippen molar-refractivity contribution in [2.24, 2.45) is 5.92 Å². The van der Waals surface area contributed by atoms with E-state index in [1.54, 1.807) is 6.92 Å². The molecule has 1 saturated heterocycles. The third kappa shape index (κ3) is 5.04. The number of sulfonamides is 1. The summed E-state index contributed by atoms with van der Waals surface area (Å²) >= 11 is 0. The zero-order valence-corrected chi connectivity index (χ0v) is 14.7. The number of amides is 1. The largest absolute Gasteiger partial charge is 0.355 e. The molecule has 1 amide bonds. The number of nitrogens with zero attached hydrogens (tertiary/aromatic N) is 1. The monoisotopic (exact) mass is 338 g/mol. The van der Waals surface area contributed by atoms with Crippen molar-refractivity contribution < 1.29 is 13.2 Å². The Morgan fingerprint density at radius 2 is 2.00 bits per heavy atom. The minimum absolute atomic E-state index is 0.0342. The molecule has 128 valence electrons. The molecule has 1 fully saturated rings. The quantitative estimate of drug-likeness (QED) is 0.859. The van der Waals surface area contributed by atoms with Gasteiger partial charge in [0.25, 0.3) is 0 Å². The average molecular weight is 338 g/mol. The van der Waals surface area contributed by atoms with E-state index in [-0.39, 0.29) is 17.6 Å². The molecule has 5 nitrogen and oxygen atoms in total. The summed E-state index contributed by atoms with van der Waals surface area (Å²) in [6, 6.07) is 8.26. The number of hydrogen-bond acceptors (Lipinski definition) is 3. The van der Waals surface area contributed by atoms with Gasteiger partial charge >= 0.3 is 0 Å². The van der Waals surface area contributed by atoms with Crippen LogP contribution in [-0.4, -0.2) is 44.0 Å². The van der Waals surface area contributed by atoms with Gasteiger partial charge in [0.1, 0.15) is 0 Å². The van der Waals surface area contributed by atoms with E-state index in [2.05, 4.69) is 29.6 Å². The zero-order chi connectivity index (χ0) is 16.9. The van der Waals surface area contributed by atoms with Gasteiger partial charge in [-0.3, -0.25) is 4.79 Å². The van der Waals surface area contributed by atoms with Gasteiger partial charge in [-0.1, -0.05) is 29.8 Å². The number of benzene rings is 1. The lowest BCUT2D eigenvalue weighted by Gasteiger charge is -2.30. The molecular formula is C17H26N2O3S. The van der Waals surface area contributed by atoms with Gasteiger partial charge in [0.15, 0.2) is 0 Å². The summed E-state index contributed by atoms with van der Waals surface area (Å²) in [5.74, 6) is -0.175. The normalized spacial score (nSPS) is 19.5. The summed E-state index contributed by atoms with van der Waals surface area (Å²) in [4.78, 5) is 12.3. The van der Waals surface area contributed by atoms with Gasteiger partial charge in [0.2, 0.25) is 15.9 Å². The fraction of sp³-hybridized carbons (Fsp3) is 0.588. The van der Waals surface area contributed by atoms with E-state index >= 15 is 0 Å².